The monoisotopic (exact) mass is 343 g/mol. The van der Waals surface area contributed by atoms with Crippen molar-refractivity contribution in [3.8, 4) is 0 Å². The van der Waals surface area contributed by atoms with Gasteiger partial charge < -0.3 is 15.4 Å². The van der Waals surface area contributed by atoms with Crippen molar-refractivity contribution in [1.82, 2.24) is 5.32 Å². The molecule has 1 saturated heterocycles. The van der Waals surface area contributed by atoms with E-state index in [0.717, 1.165) is 31.9 Å². The SMILES string of the molecule is CC(CC1COCCN1)Nc1ccc([N+](=O)[O-])c(Br)c1. The predicted octanol–water partition coefficient (Wildman–Crippen LogP) is 2.54. The van der Waals surface area contributed by atoms with E-state index in [0.29, 0.717) is 10.5 Å². The molecule has 0 bridgehead atoms. The first-order valence-electron chi connectivity index (χ1n) is 6.58. The van der Waals surface area contributed by atoms with E-state index >= 15 is 0 Å². The Morgan fingerprint density at radius 1 is 1.65 bits per heavy atom. The fourth-order valence-corrected chi connectivity index (χ4v) is 2.81. The van der Waals surface area contributed by atoms with Gasteiger partial charge in [0.25, 0.3) is 5.69 Å². The number of hydrogen-bond acceptors (Lipinski definition) is 5. The largest absolute Gasteiger partial charge is 0.382 e. The lowest BCUT2D eigenvalue weighted by atomic mass is 10.1. The molecule has 1 fully saturated rings. The first kappa shape index (κ1) is 15.2. The second kappa shape index (κ2) is 7.01. The number of hydrogen-bond donors (Lipinski definition) is 2. The molecular weight excluding hydrogens is 326 g/mol. The van der Waals surface area contributed by atoms with E-state index in [9.17, 15) is 10.1 Å². The lowest BCUT2D eigenvalue weighted by molar-refractivity contribution is -0.385. The minimum atomic E-state index is -0.402. The van der Waals surface area contributed by atoms with Gasteiger partial charge in [0.15, 0.2) is 0 Å². The predicted molar refractivity (Wildman–Crippen MR) is 81.1 cm³/mol. The number of halogens is 1. The Morgan fingerprint density at radius 3 is 3.05 bits per heavy atom. The summed E-state index contributed by atoms with van der Waals surface area (Å²) in [7, 11) is 0. The first-order chi connectivity index (χ1) is 9.56. The zero-order valence-electron chi connectivity index (χ0n) is 11.3. The van der Waals surface area contributed by atoms with Crippen LogP contribution >= 0.6 is 15.9 Å². The van der Waals surface area contributed by atoms with Gasteiger partial charge in [0.2, 0.25) is 0 Å². The Bertz CT molecular complexity index is 478. The zero-order valence-corrected chi connectivity index (χ0v) is 12.9. The van der Waals surface area contributed by atoms with E-state index in [1.165, 1.54) is 6.07 Å². The van der Waals surface area contributed by atoms with Gasteiger partial charge >= 0.3 is 0 Å². The van der Waals surface area contributed by atoms with Gasteiger partial charge in [-0.1, -0.05) is 0 Å². The lowest BCUT2D eigenvalue weighted by Crippen LogP contribution is -2.43. The van der Waals surface area contributed by atoms with Crippen molar-refractivity contribution in [2.45, 2.75) is 25.4 Å². The van der Waals surface area contributed by atoms with E-state index in [4.69, 9.17) is 4.74 Å². The standard InChI is InChI=1S/C13H18BrN3O3/c1-9(6-11-8-20-5-4-15-11)16-10-2-3-13(17(18)19)12(14)7-10/h2-3,7,9,11,15-16H,4-6,8H2,1H3. The summed E-state index contributed by atoms with van der Waals surface area (Å²) < 4.78 is 5.91. The van der Waals surface area contributed by atoms with E-state index in [1.807, 2.05) is 0 Å². The molecule has 0 amide bonds. The van der Waals surface area contributed by atoms with Crippen molar-refractivity contribution in [3.05, 3.63) is 32.8 Å². The van der Waals surface area contributed by atoms with Gasteiger partial charge in [-0.3, -0.25) is 10.1 Å². The summed E-state index contributed by atoms with van der Waals surface area (Å²) >= 11 is 3.22. The molecule has 110 valence electrons. The summed E-state index contributed by atoms with van der Waals surface area (Å²) in [5.74, 6) is 0. The van der Waals surface area contributed by atoms with Crippen LogP contribution < -0.4 is 10.6 Å². The molecule has 2 N–H and O–H groups in total. The van der Waals surface area contributed by atoms with Gasteiger partial charge in [-0.05, 0) is 41.4 Å². The molecular formula is C13H18BrN3O3. The van der Waals surface area contributed by atoms with Crippen molar-refractivity contribution in [3.63, 3.8) is 0 Å². The van der Waals surface area contributed by atoms with Crippen LogP contribution in [-0.4, -0.2) is 36.8 Å². The summed E-state index contributed by atoms with van der Waals surface area (Å²) in [4.78, 5) is 10.3. The summed E-state index contributed by atoms with van der Waals surface area (Å²) in [6, 6.07) is 5.57. The fraction of sp³-hybridized carbons (Fsp3) is 0.538. The minimum absolute atomic E-state index is 0.0746. The molecule has 6 nitrogen and oxygen atoms in total. The number of rotatable bonds is 5. The van der Waals surface area contributed by atoms with Crippen LogP contribution in [0.4, 0.5) is 11.4 Å². The maximum atomic E-state index is 10.8. The van der Waals surface area contributed by atoms with Crippen LogP contribution in [0.5, 0.6) is 0 Å². The molecule has 1 aromatic rings. The number of nitrogens with zero attached hydrogens (tertiary/aromatic N) is 1. The third-order valence-electron chi connectivity index (χ3n) is 3.19. The molecule has 7 heteroatoms. The van der Waals surface area contributed by atoms with Crippen LogP contribution in [0.25, 0.3) is 0 Å². The van der Waals surface area contributed by atoms with E-state index in [-0.39, 0.29) is 11.7 Å². The number of nitro groups is 1. The highest BCUT2D eigenvalue weighted by Crippen LogP contribution is 2.28. The number of anilines is 1. The van der Waals surface area contributed by atoms with Crippen molar-refractivity contribution in [2.75, 3.05) is 25.1 Å². The molecule has 0 spiro atoms. The van der Waals surface area contributed by atoms with Crippen LogP contribution in [0, 0.1) is 10.1 Å². The molecule has 1 aromatic carbocycles. The van der Waals surface area contributed by atoms with E-state index < -0.39 is 4.92 Å². The molecule has 0 saturated carbocycles. The number of nitrogens with one attached hydrogen (secondary N) is 2. The molecule has 0 aliphatic carbocycles. The molecule has 2 unspecified atom stereocenters. The Morgan fingerprint density at radius 2 is 2.45 bits per heavy atom. The van der Waals surface area contributed by atoms with Crippen LogP contribution in [0.2, 0.25) is 0 Å². The highest BCUT2D eigenvalue weighted by Gasteiger charge is 2.17. The molecule has 1 heterocycles. The smallest absolute Gasteiger partial charge is 0.283 e. The van der Waals surface area contributed by atoms with Crippen molar-refractivity contribution in [2.24, 2.45) is 0 Å². The van der Waals surface area contributed by atoms with Gasteiger partial charge in [0, 0.05) is 30.4 Å². The Hall–Kier alpha value is -1.18. The van der Waals surface area contributed by atoms with Crippen LogP contribution in [0.3, 0.4) is 0 Å². The van der Waals surface area contributed by atoms with E-state index in [2.05, 4.69) is 33.5 Å². The van der Waals surface area contributed by atoms with Gasteiger partial charge in [0.05, 0.1) is 22.6 Å². The summed E-state index contributed by atoms with van der Waals surface area (Å²) in [5.41, 5.74) is 0.942. The lowest BCUT2D eigenvalue weighted by Gasteiger charge is -2.27. The van der Waals surface area contributed by atoms with Crippen LogP contribution in [0.1, 0.15) is 13.3 Å². The number of nitro benzene ring substituents is 1. The number of morpholine rings is 1. The van der Waals surface area contributed by atoms with Gasteiger partial charge in [-0.15, -0.1) is 0 Å². The van der Waals surface area contributed by atoms with Gasteiger partial charge in [-0.25, -0.2) is 0 Å². The topological polar surface area (TPSA) is 76.4 Å². The highest BCUT2D eigenvalue weighted by molar-refractivity contribution is 9.10. The fourth-order valence-electron chi connectivity index (χ4n) is 2.29. The highest BCUT2D eigenvalue weighted by atomic mass is 79.9. The second-order valence-electron chi connectivity index (χ2n) is 4.93. The van der Waals surface area contributed by atoms with Crippen LogP contribution in [-0.2, 0) is 4.74 Å². The normalized spacial score (nSPS) is 20.4. The quantitative estimate of drug-likeness (QED) is 0.634. The minimum Gasteiger partial charge on any atom is -0.382 e. The molecule has 1 aliphatic heterocycles. The zero-order chi connectivity index (χ0) is 14.5. The summed E-state index contributed by atoms with van der Waals surface area (Å²) in [6.07, 6.45) is 0.939. The van der Waals surface area contributed by atoms with E-state index in [1.54, 1.807) is 12.1 Å². The Kier molecular flexibility index (Phi) is 5.33. The molecule has 2 atom stereocenters. The van der Waals surface area contributed by atoms with Crippen LogP contribution in [0.15, 0.2) is 22.7 Å². The molecule has 0 radical (unpaired) electrons. The van der Waals surface area contributed by atoms with Gasteiger partial charge in [-0.2, -0.15) is 0 Å². The number of ether oxygens (including phenoxy) is 1. The first-order valence-corrected chi connectivity index (χ1v) is 7.37. The van der Waals surface area contributed by atoms with Gasteiger partial charge in [0.1, 0.15) is 0 Å². The Balaban J connectivity index is 1.92. The second-order valence-corrected chi connectivity index (χ2v) is 5.78. The Labute approximate surface area is 126 Å². The summed E-state index contributed by atoms with van der Waals surface area (Å²) in [6.45, 7) is 4.48. The average molecular weight is 344 g/mol. The molecule has 0 aromatic heterocycles. The maximum Gasteiger partial charge on any atom is 0.283 e. The number of benzene rings is 1. The maximum absolute atomic E-state index is 10.8. The van der Waals surface area contributed by atoms with Crippen molar-refractivity contribution >= 4 is 27.3 Å². The molecule has 20 heavy (non-hydrogen) atoms. The third kappa shape index (κ3) is 4.16. The van der Waals surface area contributed by atoms with Crippen molar-refractivity contribution < 1.29 is 9.66 Å². The summed E-state index contributed by atoms with van der Waals surface area (Å²) in [5, 5.41) is 17.5. The average Bonchev–Trinajstić information content (AvgIpc) is 2.39. The van der Waals surface area contributed by atoms with Crippen molar-refractivity contribution in [1.29, 1.82) is 0 Å². The molecule has 1 aliphatic rings. The third-order valence-corrected chi connectivity index (χ3v) is 3.83. The molecule has 2 rings (SSSR count).